The Hall–Kier alpha value is -5.78. The lowest BCUT2D eigenvalue weighted by molar-refractivity contribution is 1.58. The van der Waals surface area contributed by atoms with Crippen LogP contribution in [0.5, 0.6) is 0 Å². The van der Waals surface area contributed by atoms with E-state index in [2.05, 4.69) is 103 Å². The lowest BCUT2D eigenvalue weighted by Crippen LogP contribution is -1.93. The quantitative estimate of drug-likeness (QED) is 0.112. The molecule has 7 rings (SSSR count). The molecule has 6 aromatic carbocycles. The summed E-state index contributed by atoms with van der Waals surface area (Å²) in [6.07, 6.45) is 0. The Morgan fingerprint density at radius 3 is 1.31 bits per heavy atom. The standard InChI is InChI=1S/C40H33N4S/c41-30-17-11-27(12-18-30)37-38(35-24-23-33(44)25-36(35)26-7-3-1-4-8-26)40(29-15-21-32(43)22-16-29)45(34-9-5-2-6-10-34)39(37)28-13-19-31(42)20-14-28/h1-25H,41-44H2/q+1. The molecule has 45 heavy (non-hydrogen) atoms. The molecule has 5 heteroatoms. The van der Waals surface area contributed by atoms with Crippen molar-refractivity contribution in [1.82, 2.24) is 0 Å². The molecule has 0 amide bonds. The minimum Gasteiger partial charge on any atom is -0.399 e. The summed E-state index contributed by atoms with van der Waals surface area (Å²) in [5, 5.41) is 0. The van der Waals surface area contributed by atoms with Gasteiger partial charge in [0.05, 0.1) is 11.1 Å². The van der Waals surface area contributed by atoms with Crippen molar-refractivity contribution < 1.29 is 0 Å². The van der Waals surface area contributed by atoms with Crippen LogP contribution in [0.1, 0.15) is 0 Å². The summed E-state index contributed by atoms with van der Waals surface area (Å²) in [5.41, 5.74) is 36.9. The van der Waals surface area contributed by atoms with Gasteiger partial charge in [-0.3, -0.25) is 0 Å². The van der Waals surface area contributed by atoms with Gasteiger partial charge in [0.15, 0.2) is 14.6 Å². The van der Waals surface area contributed by atoms with Crippen molar-refractivity contribution in [3.05, 3.63) is 152 Å². The number of thiophene rings is 1. The van der Waals surface area contributed by atoms with Crippen molar-refractivity contribution in [2.24, 2.45) is 0 Å². The van der Waals surface area contributed by atoms with Crippen molar-refractivity contribution >= 4 is 33.2 Å². The first-order chi connectivity index (χ1) is 22.0. The predicted octanol–water partition coefficient (Wildman–Crippen LogP) is 10.1. The van der Waals surface area contributed by atoms with Crippen LogP contribution in [0.2, 0.25) is 0 Å². The molecular formula is C40H33N4S+. The van der Waals surface area contributed by atoms with Gasteiger partial charge >= 0.3 is 0 Å². The summed E-state index contributed by atoms with van der Waals surface area (Å²) in [4.78, 5) is 3.67. The molecule has 1 unspecified atom stereocenters. The molecule has 0 fully saturated rings. The first-order valence-corrected chi connectivity index (χ1v) is 16.0. The zero-order valence-electron chi connectivity index (χ0n) is 24.7. The molecule has 7 aromatic rings. The number of anilines is 4. The topological polar surface area (TPSA) is 104 Å². The van der Waals surface area contributed by atoms with E-state index in [0.29, 0.717) is 5.69 Å². The third-order valence-electron chi connectivity index (χ3n) is 8.03. The molecule has 0 spiro atoms. The molecule has 1 aromatic heterocycles. The van der Waals surface area contributed by atoms with Crippen molar-refractivity contribution in [2.45, 2.75) is 0 Å². The molecular weight excluding hydrogens is 569 g/mol. The van der Waals surface area contributed by atoms with Crippen LogP contribution in [-0.4, -0.2) is 0 Å². The van der Waals surface area contributed by atoms with E-state index in [4.69, 9.17) is 22.9 Å². The summed E-state index contributed by atoms with van der Waals surface area (Å²) >= 11 is 0. The Morgan fingerprint density at radius 2 is 0.778 bits per heavy atom. The first kappa shape index (κ1) is 28.0. The van der Waals surface area contributed by atoms with Gasteiger partial charge in [-0.25, -0.2) is 0 Å². The Kier molecular flexibility index (Phi) is 7.30. The summed E-state index contributed by atoms with van der Waals surface area (Å²) in [6.45, 7) is 0. The van der Waals surface area contributed by atoms with E-state index in [1.54, 1.807) is 0 Å². The molecule has 0 radical (unpaired) electrons. The van der Waals surface area contributed by atoms with Crippen LogP contribution >= 0.6 is 10.5 Å². The average molecular weight is 602 g/mol. The number of nitrogens with two attached hydrogens (primary N) is 4. The normalized spacial score (nSPS) is 11.4. The van der Waals surface area contributed by atoms with Crippen LogP contribution in [-0.2, 0) is 0 Å². The Labute approximate surface area is 266 Å². The van der Waals surface area contributed by atoms with E-state index in [-0.39, 0.29) is 0 Å². The van der Waals surface area contributed by atoms with Gasteiger partial charge in [0.1, 0.15) is 0 Å². The zero-order valence-corrected chi connectivity index (χ0v) is 25.5. The van der Waals surface area contributed by atoms with Gasteiger partial charge in [-0.05, 0) is 107 Å². The monoisotopic (exact) mass is 601 g/mol. The van der Waals surface area contributed by atoms with Gasteiger partial charge in [0, 0.05) is 44.3 Å². The van der Waals surface area contributed by atoms with E-state index in [9.17, 15) is 0 Å². The molecule has 1 atom stereocenters. The molecule has 1 heterocycles. The lowest BCUT2D eigenvalue weighted by Gasteiger charge is -2.14. The summed E-state index contributed by atoms with van der Waals surface area (Å²) in [7, 11) is -0.503. The minimum absolute atomic E-state index is 0.503. The predicted molar refractivity (Wildman–Crippen MR) is 195 cm³/mol. The van der Waals surface area contributed by atoms with Crippen LogP contribution in [0.15, 0.2) is 152 Å². The van der Waals surface area contributed by atoms with Gasteiger partial charge in [-0.15, -0.1) is 0 Å². The molecule has 0 bridgehead atoms. The summed E-state index contributed by atoms with van der Waals surface area (Å²) in [5.74, 6) is 0. The second-order valence-electron chi connectivity index (χ2n) is 11.1. The average Bonchev–Trinajstić information content (AvgIpc) is 3.42. The smallest absolute Gasteiger partial charge is 0.195 e. The number of benzene rings is 6. The van der Waals surface area contributed by atoms with Crippen molar-refractivity contribution in [3.63, 3.8) is 0 Å². The van der Waals surface area contributed by atoms with E-state index >= 15 is 0 Å². The van der Waals surface area contributed by atoms with Crippen LogP contribution in [0.4, 0.5) is 22.7 Å². The van der Waals surface area contributed by atoms with E-state index in [1.165, 1.54) is 14.6 Å². The van der Waals surface area contributed by atoms with Crippen LogP contribution in [0.3, 0.4) is 0 Å². The zero-order chi connectivity index (χ0) is 30.9. The van der Waals surface area contributed by atoms with E-state index in [1.807, 2.05) is 48.5 Å². The maximum Gasteiger partial charge on any atom is 0.195 e. The third kappa shape index (κ3) is 5.30. The van der Waals surface area contributed by atoms with Gasteiger partial charge < -0.3 is 22.9 Å². The molecule has 0 aliphatic heterocycles. The fraction of sp³-hybridized carbons (Fsp3) is 0. The molecule has 0 saturated carbocycles. The molecule has 218 valence electrons. The molecule has 0 aliphatic carbocycles. The maximum absolute atomic E-state index is 6.47. The van der Waals surface area contributed by atoms with Gasteiger partial charge in [-0.1, -0.05) is 66.7 Å². The highest BCUT2D eigenvalue weighted by Gasteiger charge is 2.38. The van der Waals surface area contributed by atoms with E-state index < -0.39 is 10.5 Å². The Bertz CT molecular complexity index is 2100. The summed E-state index contributed by atoms with van der Waals surface area (Å²) < 4.78 is 0. The largest absolute Gasteiger partial charge is 0.399 e. The van der Waals surface area contributed by atoms with Crippen LogP contribution in [0, 0.1) is 0 Å². The van der Waals surface area contributed by atoms with Crippen LogP contribution in [0.25, 0.3) is 59.2 Å². The third-order valence-corrected chi connectivity index (χ3v) is 10.5. The van der Waals surface area contributed by atoms with Gasteiger partial charge in [0.2, 0.25) is 0 Å². The Morgan fingerprint density at radius 1 is 0.333 bits per heavy atom. The number of rotatable bonds is 6. The number of hydrogen-bond donors (Lipinski definition) is 4. The fourth-order valence-electron chi connectivity index (χ4n) is 5.94. The van der Waals surface area contributed by atoms with Gasteiger partial charge in [0.25, 0.3) is 0 Å². The molecule has 0 aliphatic rings. The number of hydrogen-bond acceptors (Lipinski definition) is 4. The SMILES string of the molecule is Nc1ccc(-c2c(-c3ccc(N)cc3-c3ccccc3)c(-c3ccc(N)cc3)[s+](-c3ccccc3)c2-c2ccc(N)cc2)cc1. The second-order valence-corrected chi connectivity index (χ2v) is 13.0. The fourth-order valence-corrected chi connectivity index (χ4v) is 8.63. The highest BCUT2D eigenvalue weighted by molar-refractivity contribution is 7.46. The second kappa shape index (κ2) is 11.7. The minimum atomic E-state index is -0.503. The van der Waals surface area contributed by atoms with Crippen molar-refractivity contribution in [2.75, 3.05) is 22.9 Å². The maximum atomic E-state index is 6.47. The molecule has 8 N–H and O–H groups in total. The van der Waals surface area contributed by atoms with Crippen LogP contribution < -0.4 is 22.9 Å². The van der Waals surface area contributed by atoms with E-state index in [0.717, 1.165) is 61.6 Å². The first-order valence-electron chi connectivity index (χ1n) is 14.8. The summed E-state index contributed by atoms with van der Waals surface area (Å²) in [6, 6.07) is 52.1. The highest BCUT2D eigenvalue weighted by Crippen LogP contribution is 2.61. The Balaban J connectivity index is 1.73. The highest BCUT2D eigenvalue weighted by atomic mass is 32.2. The number of nitrogen functional groups attached to an aromatic ring is 4. The van der Waals surface area contributed by atoms with Crippen molar-refractivity contribution in [3.8, 4) is 59.2 Å². The lowest BCUT2D eigenvalue weighted by atomic mass is 9.87. The van der Waals surface area contributed by atoms with Gasteiger partial charge in [-0.2, -0.15) is 0 Å². The molecule has 0 saturated heterocycles. The molecule has 4 nitrogen and oxygen atoms in total. The van der Waals surface area contributed by atoms with Crippen molar-refractivity contribution in [1.29, 1.82) is 0 Å².